The van der Waals surface area contributed by atoms with Crippen molar-refractivity contribution in [2.24, 2.45) is 0 Å². The molecule has 2 heterocycles. The van der Waals surface area contributed by atoms with Crippen LogP contribution in [0, 0.1) is 0 Å². The van der Waals surface area contributed by atoms with Gasteiger partial charge in [-0.2, -0.15) is 0 Å². The molecule has 21 heavy (non-hydrogen) atoms. The van der Waals surface area contributed by atoms with E-state index in [4.69, 9.17) is 4.98 Å². The Morgan fingerprint density at radius 2 is 2.10 bits per heavy atom. The first-order chi connectivity index (χ1) is 10.0. The maximum Gasteiger partial charge on any atom is 0.185 e. The molecule has 1 N–H and O–H groups in total. The molecule has 0 amide bonds. The van der Waals surface area contributed by atoms with E-state index in [1.807, 2.05) is 11.3 Å². The Hall–Kier alpha value is -0.650. The Labute approximate surface area is 132 Å². The molecule has 4 nitrogen and oxygen atoms in total. The van der Waals surface area contributed by atoms with Crippen LogP contribution in [0.4, 0.5) is 5.13 Å². The fourth-order valence-corrected chi connectivity index (χ4v) is 4.07. The molecule has 0 bridgehead atoms. The monoisotopic (exact) mass is 308 g/mol. The number of piperazine rings is 1. The van der Waals surface area contributed by atoms with Crippen LogP contribution in [0.15, 0.2) is 0 Å². The lowest BCUT2D eigenvalue weighted by molar-refractivity contribution is 0.139. The predicted octanol–water partition coefficient (Wildman–Crippen LogP) is 2.66. The smallest absolute Gasteiger partial charge is 0.185 e. The van der Waals surface area contributed by atoms with Gasteiger partial charge in [0, 0.05) is 42.5 Å². The highest BCUT2D eigenvalue weighted by Crippen LogP contribution is 2.44. The molecule has 1 aliphatic carbocycles. The number of likely N-dealkylation sites (N-methyl/N-ethyl adjacent to an activating group) is 1. The molecular weight excluding hydrogens is 280 g/mol. The molecule has 0 aromatic carbocycles. The van der Waals surface area contributed by atoms with Crippen LogP contribution in [0.1, 0.15) is 50.1 Å². The third-order valence-electron chi connectivity index (χ3n) is 4.80. The van der Waals surface area contributed by atoms with Crippen molar-refractivity contribution in [2.75, 3.05) is 38.1 Å². The highest BCUT2D eigenvalue weighted by molar-refractivity contribution is 7.15. The molecule has 1 aromatic heterocycles. The second-order valence-electron chi connectivity index (χ2n) is 7.02. The minimum absolute atomic E-state index is 0.228. The summed E-state index contributed by atoms with van der Waals surface area (Å²) in [6.45, 7) is 12.1. The van der Waals surface area contributed by atoms with Crippen LogP contribution in [0.5, 0.6) is 0 Å². The molecule has 0 radical (unpaired) electrons. The van der Waals surface area contributed by atoms with E-state index in [1.165, 1.54) is 28.5 Å². The van der Waals surface area contributed by atoms with Crippen LogP contribution < -0.4 is 10.2 Å². The average molecular weight is 308 g/mol. The van der Waals surface area contributed by atoms with Crippen molar-refractivity contribution in [3.63, 3.8) is 0 Å². The van der Waals surface area contributed by atoms with Gasteiger partial charge >= 0.3 is 0 Å². The number of nitrogens with one attached hydrogen (secondary N) is 1. The molecule has 1 saturated carbocycles. The summed E-state index contributed by atoms with van der Waals surface area (Å²) in [5.41, 5.74) is 1.61. The molecule has 0 atom stereocenters. The minimum Gasteiger partial charge on any atom is -0.345 e. The fourth-order valence-electron chi connectivity index (χ4n) is 2.93. The molecule has 1 aromatic rings. The van der Waals surface area contributed by atoms with Gasteiger partial charge in [0.1, 0.15) is 0 Å². The Balaban J connectivity index is 1.78. The fraction of sp³-hybridized carbons (Fsp3) is 0.812. The molecule has 3 rings (SSSR count). The number of nitrogens with zero attached hydrogens (tertiary/aromatic N) is 3. The lowest BCUT2D eigenvalue weighted by Crippen LogP contribution is -2.57. The van der Waals surface area contributed by atoms with Crippen LogP contribution in [0.25, 0.3) is 0 Å². The first-order valence-electron chi connectivity index (χ1n) is 8.18. The van der Waals surface area contributed by atoms with Gasteiger partial charge in [0.05, 0.1) is 5.69 Å². The second kappa shape index (κ2) is 5.86. The van der Waals surface area contributed by atoms with Crippen LogP contribution in [0.3, 0.4) is 0 Å². The van der Waals surface area contributed by atoms with Crippen LogP contribution in [-0.4, -0.2) is 48.6 Å². The van der Waals surface area contributed by atoms with Crippen molar-refractivity contribution in [3.05, 3.63) is 10.6 Å². The summed E-state index contributed by atoms with van der Waals surface area (Å²) in [5.74, 6) is 0.740. The van der Waals surface area contributed by atoms with E-state index in [2.05, 4.69) is 42.9 Å². The van der Waals surface area contributed by atoms with Crippen molar-refractivity contribution >= 4 is 16.5 Å². The quantitative estimate of drug-likeness (QED) is 0.906. The number of hydrogen-bond acceptors (Lipinski definition) is 5. The summed E-state index contributed by atoms with van der Waals surface area (Å²) in [6.07, 6.45) is 2.66. The van der Waals surface area contributed by atoms with Crippen molar-refractivity contribution in [3.8, 4) is 0 Å². The highest BCUT2D eigenvalue weighted by Gasteiger charge is 2.34. The maximum atomic E-state index is 5.03. The summed E-state index contributed by atoms with van der Waals surface area (Å²) in [6, 6.07) is 0. The first kappa shape index (κ1) is 15.3. The van der Waals surface area contributed by atoms with Crippen molar-refractivity contribution < 1.29 is 0 Å². The molecule has 118 valence electrons. The zero-order chi connectivity index (χ0) is 15.0. The number of thiazole rings is 1. The Morgan fingerprint density at radius 1 is 1.33 bits per heavy atom. The van der Waals surface area contributed by atoms with Crippen LogP contribution >= 0.6 is 11.3 Å². The van der Waals surface area contributed by atoms with E-state index < -0.39 is 0 Å². The van der Waals surface area contributed by atoms with Gasteiger partial charge in [-0.05, 0) is 40.3 Å². The SMILES string of the molecule is CCNCc1sc(N2CCN(C)C(C)(C)C2)nc1C1CC1. The predicted molar refractivity (Wildman–Crippen MR) is 90.4 cm³/mol. The molecule has 1 saturated heterocycles. The van der Waals surface area contributed by atoms with E-state index in [9.17, 15) is 0 Å². The summed E-state index contributed by atoms with van der Waals surface area (Å²) in [5, 5.41) is 4.71. The molecule has 2 fully saturated rings. The normalized spacial score (nSPS) is 22.8. The summed E-state index contributed by atoms with van der Waals surface area (Å²) >= 11 is 1.91. The lowest BCUT2D eigenvalue weighted by Gasteiger charge is -2.45. The molecule has 5 heteroatoms. The second-order valence-corrected chi connectivity index (χ2v) is 8.08. The molecule has 2 aliphatic rings. The zero-order valence-electron chi connectivity index (χ0n) is 13.8. The minimum atomic E-state index is 0.228. The summed E-state index contributed by atoms with van der Waals surface area (Å²) in [4.78, 5) is 11.4. The van der Waals surface area contributed by atoms with E-state index in [1.54, 1.807) is 0 Å². The van der Waals surface area contributed by atoms with Crippen LogP contribution in [-0.2, 0) is 6.54 Å². The molecular formula is C16H28N4S. The summed E-state index contributed by atoms with van der Waals surface area (Å²) < 4.78 is 0. The van der Waals surface area contributed by atoms with E-state index in [-0.39, 0.29) is 5.54 Å². The third-order valence-corrected chi connectivity index (χ3v) is 5.93. The van der Waals surface area contributed by atoms with E-state index >= 15 is 0 Å². The summed E-state index contributed by atoms with van der Waals surface area (Å²) in [7, 11) is 2.23. The third kappa shape index (κ3) is 3.25. The Morgan fingerprint density at radius 3 is 2.71 bits per heavy atom. The van der Waals surface area contributed by atoms with Gasteiger partial charge in [-0.3, -0.25) is 4.90 Å². The van der Waals surface area contributed by atoms with Crippen molar-refractivity contribution in [2.45, 2.75) is 51.6 Å². The van der Waals surface area contributed by atoms with Gasteiger partial charge < -0.3 is 10.2 Å². The number of anilines is 1. The highest BCUT2D eigenvalue weighted by atomic mass is 32.1. The van der Waals surface area contributed by atoms with Gasteiger partial charge in [-0.25, -0.2) is 4.98 Å². The first-order valence-corrected chi connectivity index (χ1v) is 8.99. The molecule has 1 aliphatic heterocycles. The van der Waals surface area contributed by atoms with Gasteiger partial charge in [0.15, 0.2) is 5.13 Å². The lowest BCUT2D eigenvalue weighted by atomic mass is 10.0. The van der Waals surface area contributed by atoms with Gasteiger partial charge in [0.2, 0.25) is 0 Å². The largest absolute Gasteiger partial charge is 0.345 e. The Bertz CT molecular complexity index is 492. The van der Waals surface area contributed by atoms with Crippen LogP contribution in [0.2, 0.25) is 0 Å². The van der Waals surface area contributed by atoms with Gasteiger partial charge in [0.25, 0.3) is 0 Å². The zero-order valence-corrected chi connectivity index (χ0v) is 14.6. The molecule has 0 spiro atoms. The average Bonchev–Trinajstić information content (AvgIpc) is 3.20. The standard InChI is InChI=1S/C16H28N4S/c1-5-17-10-13-14(12-6-7-12)18-15(21-13)20-9-8-19(4)16(2,3)11-20/h12,17H,5-11H2,1-4H3. The van der Waals surface area contributed by atoms with Crippen molar-refractivity contribution in [1.29, 1.82) is 0 Å². The van der Waals surface area contributed by atoms with Gasteiger partial charge in [-0.15, -0.1) is 11.3 Å². The topological polar surface area (TPSA) is 31.4 Å². The maximum absolute atomic E-state index is 5.03. The van der Waals surface area contributed by atoms with E-state index in [0.29, 0.717) is 0 Å². The van der Waals surface area contributed by atoms with E-state index in [0.717, 1.165) is 38.6 Å². The number of aromatic nitrogens is 1. The molecule has 0 unspecified atom stereocenters. The number of hydrogen-bond donors (Lipinski definition) is 1. The van der Waals surface area contributed by atoms with Crippen molar-refractivity contribution in [1.82, 2.24) is 15.2 Å². The Kier molecular flexibility index (Phi) is 4.26. The van der Waals surface area contributed by atoms with Gasteiger partial charge in [-0.1, -0.05) is 6.92 Å². The number of rotatable bonds is 5.